The number of hydrogen-bond acceptors (Lipinski definition) is 6. The molecule has 1 heterocycles. The summed E-state index contributed by atoms with van der Waals surface area (Å²) < 4.78 is 50.0. The maximum Gasteiger partial charge on any atom is 0.343 e. The number of aromatic nitrogens is 2. The molecule has 142 valence electrons. The van der Waals surface area contributed by atoms with Crippen LogP contribution < -0.4 is 4.74 Å². The number of halogens is 1. The first-order valence-corrected chi connectivity index (χ1v) is 9.28. The zero-order valence-electron chi connectivity index (χ0n) is 14.7. The highest BCUT2D eigenvalue weighted by Crippen LogP contribution is 2.21. The van der Waals surface area contributed by atoms with Crippen LogP contribution >= 0.6 is 0 Å². The number of H-pyrrole nitrogens is 1. The zero-order chi connectivity index (χ0) is 19.3. The van der Waals surface area contributed by atoms with Crippen LogP contribution in [0.3, 0.4) is 0 Å². The smallest absolute Gasteiger partial charge is 0.343 e. The molecule has 1 aromatic carbocycles. The van der Waals surface area contributed by atoms with Gasteiger partial charge in [0.1, 0.15) is 12.2 Å². The molecule has 0 aliphatic carbocycles. The molecule has 1 N–H and O–H groups in total. The number of rotatable bonds is 8. The molecule has 0 radical (unpaired) electrons. The quantitative estimate of drug-likeness (QED) is 0.695. The van der Waals surface area contributed by atoms with Crippen molar-refractivity contribution in [3.8, 4) is 5.75 Å². The summed E-state index contributed by atoms with van der Waals surface area (Å²) in [5, 5.41) is 5.81. The average molecular weight is 385 g/mol. The van der Waals surface area contributed by atoms with Gasteiger partial charge in [0.15, 0.2) is 11.6 Å². The van der Waals surface area contributed by atoms with Gasteiger partial charge >= 0.3 is 5.97 Å². The number of benzene rings is 1. The number of aryl methyl sites for hydroxylation is 1. The maximum absolute atomic E-state index is 13.5. The van der Waals surface area contributed by atoms with E-state index in [1.807, 2.05) is 0 Å². The number of aromatic amines is 1. The Morgan fingerprint density at radius 2 is 2.04 bits per heavy atom. The van der Waals surface area contributed by atoms with Crippen LogP contribution in [0.25, 0.3) is 0 Å². The number of hydrogen-bond donors (Lipinski definition) is 1. The molecule has 0 amide bonds. The Morgan fingerprint density at radius 1 is 1.35 bits per heavy atom. The molecular weight excluding hydrogens is 365 g/mol. The Labute approximate surface area is 151 Å². The van der Waals surface area contributed by atoms with Crippen LogP contribution in [-0.4, -0.2) is 55.7 Å². The number of ether oxygens (including phenoxy) is 2. The van der Waals surface area contributed by atoms with E-state index in [1.165, 1.54) is 32.2 Å². The Hall–Kier alpha value is -2.46. The van der Waals surface area contributed by atoms with E-state index in [2.05, 4.69) is 10.2 Å². The van der Waals surface area contributed by atoms with Crippen molar-refractivity contribution in [3.63, 3.8) is 0 Å². The first kappa shape index (κ1) is 19.9. The lowest BCUT2D eigenvalue weighted by molar-refractivity contribution is 0.0521. The second-order valence-corrected chi connectivity index (χ2v) is 7.31. The van der Waals surface area contributed by atoms with Gasteiger partial charge in [-0.2, -0.15) is 9.40 Å². The average Bonchev–Trinajstić information content (AvgIpc) is 2.99. The molecule has 0 saturated heterocycles. The lowest BCUT2D eigenvalue weighted by Crippen LogP contribution is -2.32. The minimum atomic E-state index is -4.06. The van der Waals surface area contributed by atoms with Crippen molar-refractivity contribution in [2.75, 3.05) is 26.8 Å². The first-order chi connectivity index (χ1) is 12.3. The van der Waals surface area contributed by atoms with E-state index in [0.717, 1.165) is 4.31 Å². The van der Waals surface area contributed by atoms with E-state index >= 15 is 0 Å². The third-order valence-electron chi connectivity index (χ3n) is 3.55. The SMILES string of the molecule is CCOC(=O)c1c(S(=O)(=O)N(C)CCOc2ccccc2F)n[nH]c1C. The molecular formula is C16H20FN3O5S. The summed E-state index contributed by atoms with van der Waals surface area (Å²) in [6.45, 7) is 3.11. The summed E-state index contributed by atoms with van der Waals surface area (Å²) in [5.41, 5.74) is 0.159. The molecule has 0 unspecified atom stereocenters. The summed E-state index contributed by atoms with van der Waals surface area (Å²) in [6.07, 6.45) is 0. The van der Waals surface area contributed by atoms with Gasteiger partial charge in [-0.25, -0.2) is 17.6 Å². The van der Waals surface area contributed by atoms with Gasteiger partial charge in [0.2, 0.25) is 5.03 Å². The van der Waals surface area contributed by atoms with Crippen LogP contribution in [-0.2, 0) is 14.8 Å². The molecule has 10 heteroatoms. The van der Waals surface area contributed by atoms with Crippen LogP contribution in [0.5, 0.6) is 5.75 Å². The van der Waals surface area contributed by atoms with Crippen LogP contribution in [0.4, 0.5) is 4.39 Å². The van der Waals surface area contributed by atoms with Crippen molar-refractivity contribution in [3.05, 3.63) is 41.3 Å². The summed E-state index contributed by atoms with van der Waals surface area (Å²) in [7, 11) is -2.74. The summed E-state index contributed by atoms with van der Waals surface area (Å²) in [6, 6.07) is 5.82. The summed E-state index contributed by atoms with van der Waals surface area (Å²) in [5.74, 6) is -1.28. The van der Waals surface area contributed by atoms with Crippen LogP contribution in [0, 0.1) is 12.7 Å². The van der Waals surface area contributed by atoms with Gasteiger partial charge in [-0.05, 0) is 26.0 Å². The molecule has 26 heavy (non-hydrogen) atoms. The molecule has 0 atom stereocenters. The highest BCUT2D eigenvalue weighted by molar-refractivity contribution is 7.89. The predicted molar refractivity (Wildman–Crippen MR) is 91.0 cm³/mol. The van der Waals surface area contributed by atoms with E-state index in [0.29, 0.717) is 0 Å². The van der Waals surface area contributed by atoms with E-state index in [1.54, 1.807) is 13.0 Å². The highest BCUT2D eigenvalue weighted by Gasteiger charge is 2.32. The highest BCUT2D eigenvalue weighted by atomic mass is 32.2. The van der Waals surface area contributed by atoms with Gasteiger partial charge in [0.25, 0.3) is 10.0 Å². The third kappa shape index (κ3) is 4.20. The Morgan fingerprint density at radius 3 is 2.69 bits per heavy atom. The van der Waals surface area contributed by atoms with Gasteiger partial charge in [-0.1, -0.05) is 12.1 Å². The van der Waals surface area contributed by atoms with Crippen molar-refractivity contribution in [2.24, 2.45) is 0 Å². The second-order valence-electron chi connectivity index (χ2n) is 5.35. The fourth-order valence-corrected chi connectivity index (χ4v) is 3.42. The van der Waals surface area contributed by atoms with Gasteiger partial charge in [0.05, 0.1) is 6.61 Å². The molecule has 0 bridgehead atoms. The fraction of sp³-hybridized carbons (Fsp3) is 0.375. The standard InChI is InChI=1S/C16H20FN3O5S/c1-4-24-16(21)14-11(2)18-19-15(14)26(22,23)20(3)9-10-25-13-8-6-5-7-12(13)17/h5-8H,4,9-10H2,1-3H3,(H,18,19). The van der Waals surface area contributed by atoms with Crippen LogP contribution in [0.1, 0.15) is 23.0 Å². The second kappa shape index (κ2) is 8.28. The Bertz CT molecular complexity index is 882. The van der Waals surface area contributed by atoms with Gasteiger partial charge in [-0.15, -0.1) is 0 Å². The lowest BCUT2D eigenvalue weighted by atomic mass is 10.3. The first-order valence-electron chi connectivity index (χ1n) is 7.84. The van der Waals surface area contributed by atoms with Crippen molar-refractivity contribution >= 4 is 16.0 Å². The van der Waals surface area contributed by atoms with Crippen molar-refractivity contribution in [1.29, 1.82) is 0 Å². The van der Waals surface area contributed by atoms with E-state index in [4.69, 9.17) is 9.47 Å². The number of esters is 1. The Balaban J connectivity index is 2.12. The molecule has 8 nitrogen and oxygen atoms in total. The number of para-hydroxylation sites is 1. The third-order valence-corrected chi connectivity index (χ3v) is 5.34. The molecule has 0 aliphatic heterocycles. The minimum Gasteiger partial charge on any atom is -0.489 e. The van der Waals surface area contributed by atoms with E-state index in [-0.39, 0.29) is 36.8 Å². The number of carbonyl (C=O) groups excluding carboxylic acids is 1. The summed E-state index contributed by atoms with van der Waals surface area (Å²) in [4.78, 5) is 12.0. The lowest BCUT2D eigenvalue weighted by Gasteiger charge is -2.17. The van der Waals surface area contributed by atoms with Gasteiger partial charge < -0.3 is 9.47 Å². The topological polar surface area (TPSA) is 102 Å². The normalized spacial score (nSPS) is 11.6. The van der Waals surface area contributed by atoms with Crippen molar-refractivity contribution in [2.45, 2.75) is 18.9 Å². The van der Waals surface area contributed by atoms with E-state index < -0.39 is 26.8 Å². The molecule has 0 aliphatic rings. The largest absolute Gasteiger partial charge is 0.489 e. The number of likely N-dealkylation sites (N-methyl/N-ethyl adjacent to an activating group) is 1. The maximum atomic E-state index is 13.5. The predicted octanol–water partition coefficient (Wildman–Crippen LogP) is 1.73. The monoisotopic (exact) mass is 385 g/mol. The fourth-order valence-electron chi connectivity index (χ4n) is 2.15. The number of nitrogens with zero attached hydrogens (tertiary/aromatic N) is 2. The van der Waals surface area contributed by atoms with Gasteiger partial charge in [0, 0.05) is 19.3 Å². The number of carbonyl (C=O) groups is 1. The number of sulfonamides is 1. The van der Waals surface area contributed by atoms with E-state index in [9.17, 15) is 17.6 Å². The van der Waals surface area contributed by atoms with Gasteiger partial charge in [-0.3, -0.25) is 5.10 Å². The molecule has 0 saturated carbocycles. The Kier molecular flexibility index (Phi) is 6.32. The van der Waals surface area contributed by atoms with Crippen molar-refractivity contribution in [1.82, 2.24) is 14.5 Å². The molecule has 0 spiro atoms. The molecule has 0 fully saturated rings. The number of nitrogens with one attached hydrogen (secondary N) is 1. The summed E-state index contributed by atoms with van der Waals surface area (Å²) >= 11 is 0. The zero-order valence-corrected chi connectivity index (χ0v) is 15.5. The molecule has 2 rings (SSSR count). The van der Waals surface area contributed by atoms with Crippen molar-refractivity contribution < 1.29 is 27.1 Å². The molecule has 1 aromatic heterocycles. The molecule has 2 aromatic rings. The van der Waals surface area contributed by atoms with Crippen LogP contribution in [0.15, 0.2) is 29.3 Å². The minimum absolute atomic E-state index is 0.0288. The van der Waals surface area contributed by atoms with Crippen LogP contribution in [0.2, 0.25) is 0 Å².